The molecular weight excluding hydrogens is 280 g/mol. The van der Waals surface area contributed by atoms with Gasteiger partial charge in [0.2, 0.25) is 0 Å². The number of carbonyl (C=O) groups excluding carboxylic acids is 1. The number of nitrogens with zero attached hydrogens (tertiary/aromatic N) is 2. The van der Waals surface area contributed by atoms with E-state index in [0.717, 1.165) is 36.4 Å². The molecule has 1 amide bonds. The Balaban J connectivity index is 2.01. The third kappa shape index (κ3) is 2.46. The number of benzene rings is 1. The van der Waals surface area contributed by atoms with Gasteiger partial charge < -0.3 is 19.0 Å². The van der Waals surface area contributed by atoms with Crippen molar-refractivity contribution in [3.63, 3.8) is 0 Å². The Morgan fingerprint density at radius 2 is 2.14 bits per heavy atom. The molecule has 0 radical (unpaired) electrons. The number of piperazine rings is 1. The molecular formula is C17H22N2O3. The van der Waals surface area contributed by atoms with Crippen LogP contribution in [-0.4, -0.2) is 55.5 Å². The molecule has 1 aromatic heterocycles. The van der Waals surface area contributed by atoms with Crippen molar-refractivity contribution < 1.29 is 13.9 Å². The number of fused-ring (bicyclic) bond motifs is 1. The van der Waals surface area contributed by atoms with E-state index < -0.39 is 0 Å². The van der Waals surface area contributed by atoms with E-state index >= 15 is 0 Å². The van der Waals surface area contributed by atoms with Crippen molar-refractivity contribution in [3.05, 3.63) is 29.5 Å². The molecule has 2 aromatic rings. The molecule has 1 aromatic carbocycles. The van der Waals surface area contributed by atoms with Crippen LogP contribution >= 0.6 is 0 Å². The van der Waals surface area contributed by atoms with Crippen molar-refractivity contribution in [1.29, 1.82) is 0 Å². The molecule has 0 saturated carbocycles. The number of carbonyl (C=O) groups is 1. The van der Waals surface area contributed by atoms with Gasteiger partial charge >= 0.3 is 0 Å². The zero-order valence-corrected chi connectivity index (χ0v) is 13.5. The SMILES string of the molecule is COc1ccc2oc(C)c(C(=O)N3CCN(C)C[C@H]3C)c2c1. The van der Waals surface area contributed by atoms with E-state index in [1.807, 2.05) is 30.0 Å². The van der Waals surface area contributed by atoms with Gasteiger partial charge in [-0.1, -0.05) is 0 Å². The van der Waals surface area contributed by atoms with Crippen LogP contribution in [0.3, 0.4) is 0 Å². The smallest absolute Gasteiger partial charge is 0.258 e. The molecule has 1 atom stereocenters. The summed E-state index contributed by atoms with van der Waals surface area (Å²) < 4.78 is 11.0. The van der Waals surface area contributed by atoms with Gasteiger partial charge in [-0.2, -0.15) is 0 Å². The third-order valence-corrected chi connectivity index (χ3v) is 4.38. The lowest BCUT2D eigenvalue weighted by atomic mass is 10.1. The maximum Gasteiger partial charge on any atom is 0.258 e. The highest BCUT2D eigenvalue weighted by Gasteiger charge is 2.30. The van der Waals surface area contributed by atoms with Gasteiger partial charge in [-0.25, -0.2) is 0 Å². The Morgan fingerprint density at radius 1 is 1.36 bits per heavy atom. The quantitative estimate of drug-likeness (QED) is 0.855. The van der Waals surface area contributed by atoms with Crippen molar-refractivity contribution >= 4 is 16.9 Å². The second-order valence-electron chi connectivity index (χ2n) is 6.01. The van der Waals surface area contributed by atoms with Crippen LogP contribution in [0.4, 0.5) is 0 Å². The summed E-state index contributed by atoms with van der Waals surface area (Å²) in [6, 6.07) is 5.77. The molecule has 5 heteroatoms. The summed E-state index contributed by atoms with van der Waals surface area (Å²) in [5.41, 5.74) is 1.38. The van der Waals surface area contributed by atoms with E-state index in [-0.39, 0.29) is 11.9 Å². The summed E-state index contributed by atoms with van der Waals surface area (Å²) in [5.74, 6) is 1.44. The Kier molecular flexibility index (Phi) is 3.83. The first-order chi connectivity index (χ1) is 10.5. The second kappa shape index (κ2) is 5.65. The van der Waals surface area contributed by atoms with Crippen LogP contribution in [0, 0.1) is 6.92 Å². The Bertz CT molecular complexity index is 707. The second-order valence-corrected chi connectivity index (χ2v) is 6.01. The lowest BCUT2D eigenvalue weighted by Crippen LogP contribution is -2.52. The Labute approximate surface area is 130 Å². The van der Waals surface area contributed by atoms with Crippen LogP contribution in [0.5, 0.6) is 5.75 Å². The largest absolute Gasteiger partial charge is 0.497 e. The minimum atomic E-state index is 0.0464. The number of furan rings is 1. The summed E-state index contributed by atoms with van der Waals surface area (Å²) in [4.78, 5) is 17.2. The first kappa shape index (κ1) is 14.9. The van der Waals surface area contributed by atoms with Crippen molar-refractivity contribution in [1.82, 2.24) is 9.80 Å². The first-order valence-corrected chi connectivity index (χ1v) is 7.58. The van der Waals surface area contributed by atoms with Gasteiger partial charge in [-0.3, -0.25) is 4.79 Å². The summed E-state index contributed by atoms with van der Waals surface area (Å²) in [5, 5.41) is 0.827. The minimum Gasteiger partial charge on any atom is -0.497 e. The summed E-state index contributed by atoms with van der Waals surface area (Å²) >= 11 is 0. The molecule has 2 heterocycles. The van der Waals surface area contributed by atoms with Gasteiger partial charge in [0.1, 0.15) is 17.1 Å². The molecule has 1 fully saturated rings. The lowest BCUT2D eigenvalue weighted by molar-refractivity contribution is 0.0533. The topological polar surface area (TPSA) is 45.9 Å². The van der Waals surface area contributed by atoms with Crippen LogP contribution in [0.25, 0.3) is 11.0 Å². The Hall–Kier alpha value is -2.01. The predicted molar refractivity (Wildman–Crippen MR) is 85.5 cm³/mol. The fourth-order valence-electron chi connectivity index (χ4n) is 3.18. The Morgan fingerprint density at radius 3 is 2.82 bits per heavy atom. The summed E-state index contributed by atoms with van der Waals surface area (Å²) in [6.45, 7) is 6.47. The number of aryl methyl sites for hydroxylation is 1. The van der Waals surface area contributed by atoms with Gasteiger partial charge in [0.05, 0.1) is 12.7 Å². The number of hydrogen-bond donors (Lipinski definition) is 0. The van der Waals surface area contributed by atoms with Crippen molar-refractivity contribution in [2.75, 3.05) is 33.8 Å². The van der Waals surface area contributed by atoms with E-state index in [2.05, 4.69) is 18.9 Å². The number of ether oxygens (including phenoxy) is 1. The molecule has 1 saturated heterocycles. The van der Waals surface area contributed by atoms with E-state index in [1.54, 1.807) is 7.11 Å². The maximum atomic E-state index is 13.0. The van der Waals surface area contributed by atoms with Gasteiger partial charge in [-0.15, -0.1) is 0 Å². The van der Waals surface area contributed by atoms with Crippen LogP contribution < -0.4 is 4.74 Å². The first-order valence-electron chi connectivity index (χ1n) is 7.58. The van der Waals surface area contributed by atoms with E-state index in [0.29, 0.717) is 11.3 Å². The summed E-state index contributed by atoms with van der Waals surface area (Å²) in [7, 11) is 3.71. The molecule has 0 spiro atoms. The molecule has 1 aliphatic rings. The zero-order valence-electron chi connectivity index (χ0n) is 13.5. The number of likely N-dealkylation sites (N-methyl/N-ethyl adjacent to an activating group) is 1. The monoisotopic (exact) mass is 302 g/mol. The highest BCUT2D eigenvalue weighted by atomic mass is 16.5. The van der Waals surface area contributed by atoms with Crippen molar-refractivity contribution in [2.45, 2.75) is 19.9 Å². The minimum absolute atomic E-state index is 0.0464. The van der Waals surface area contributed by atoms with E-state index in [9.17, 15) is 4.79 Å². The van der Waals surface area contributed by atoms with E-state index in [4.69, 9.17) is 9.15 Å². The number of hydrogen-bond acceptors (Lipinski definition) is 4. The maximum absolute atomic E-state index is 13.0. The van der Waals surface area contributed by atoms with Crippen LogP contribution in [0.1, 0.15) is 23.0 Å². The van der Waals surface area contributed by atoms with Gasteiger partial charge in [0.15, 0.2) is 0 Å². The molecule has 22 heavy (non-hydrogen) atoms. The molecule has 0 N–H and O–H groups in total. The number of methoxy groups -OCH3 is 1. The zero-order chi connectivity index (χ0) is 15.9. The third-order valence-electron chi connectivity index (χ3n) is 4.38. The molecule has 3 rings (SSSR count). The van der Waals surface area contributed by atoms with Crippen LogP contribution in [0.15, 0.2) is 22.6 Å². The summed E-state index contributed by atoms with van der Waals surface area (Å²) in [6.07, 6.45) is 0. The van der Waals surface area contributed by atoms with Crippen molar-refractivity contribution in [3.8, 4) is 5.75 Å². The highest BCUT2D eigenvalue weighted by Crippen LogP contribution is 2.30. The lowest BCUT2D eigenvalue weighted by Gasteiger charge is -2.38. The van der Waals surface area contributed by atoms with Crippen LogP contribution in [0.2, 0.25) is 0 Å². The average Bonchev–Trinajstić information content (AvgIpc) is 2.81. The number of rotatable bonds is 2. The van der Waals surface area contributed by atoms with E-state index in [1.165, 1.54) is 0 Å². The predicted octanol–water partition coefficient (Wildman–Crippen LogP) is 2.53. The fraction of sp³-hybridized carbons (Fsp3) is 0.471. The molecule has 0 bridgehead atoms. The normalized spacial score (nSPS) is 19.6. The van der Waals surface area contributed by atoms with Crippen LogP contribution in [-0.2, 0) is 0 Å². The average molecular weight is 302 g/mol. The van der Waals surface area contributed by atoms with Gasteiger partial charge in [-0.05, 0) is 39.1 Å². The molecule has 1 aliphatic heterocycles. The molecule has 5 nitrogen and oxygen atoms in total. The van der Waals surface area contributed by atoms with Crippen molar-refractivity contribution in [2.24, 2.45) is 0 Å². The standard InChI is InChI=1S/C17H22N2O3/c1-11-10-18(3)7-8-19(11)17(20)16-12(2)22-15-6-5-13(21-4)9-14(15)16/h5-6,9,11H,7-8,10H2,1-4H3/t11-/m1/s1. The van der Waals surface area contributed by atoms with Gasteiger partial charge in [0.25, 0.3) is 5.91 Å². The number of amides is 1. The molecule has 0 aliphatic carbocycles. The molecule has 0 unspecified atom stereocenters. The van der Waals surface area contributed by atoms with Gasteiger partial charge in [0, 0.05) is 31.1 Å². The molecule has 118 valence electrons. The fourth-order valence-corrected chi connectivity index (χ4v) is 3.18. The highest BCUT2D eigenvalue weighted by molar-refractivity contribution is 6.07.